The Hall–Kier alpha value is -1.66. The molecule has 0 saturated heterocycles. The molecule has 2 aromatic carbocycles. The molecule has 0 N–H and O–H groups in total. The smallest absolute Gasteiger partial charge is 0.283 e. The molecule has 2 aromatic rings. The van der Waals surface area contributed by atoms with Crippen molar-refractivity contribution >= 4 is 33.2 Å². The van der Waals surface area contributed by atoms with E-state index in [9.17, 15) is 14.5 Å². The average molecular weight is 375 g/mol. The summed E-state index contributed by atoms with van der Waals surface area (Å²) in [7, 11) is 0. The van der Waals surface area contributed by atoms with Crippen LogP contribution in [0.25, 0.3) is 0 Å². The summed E-state index contributed by atoms with van der Waals surface area (Å²) >= 11 is 8.85. The molecule has 21 heavy (non-hydrogen) atoms. The SMILES string of the molecule is O=[N+]([O-])c1cccc(COc2cc(F)cc(CCl)c2)c1Br. The second-order valence-electron chi connectivity index (χ2n) is 4.22. The van der Waals surface area contributed by atoms with Crippen LogP contribution < -0.4 is 4.74 Å². The lowest BCUT2D eigenvalue weighted by atomic mass is 10.2. The summed E-state index contributed by atoms with van der Waals surface area (Å²) in [5.41, 5.74) is 1.16. The van der Waals surface area contributed by atoms with Gasteiger partial charge in [-0.15, -0.1) is 11.6 Å². The van der Waals surface area contributed by atoms with Gasteiger partial charge in [0.1, 0.15) is 22.6 Å². The largest absolute Gasteiger partial charge is 0.489 e. The average Bonchev–Trinajstić information content (AvgIpc) is 2.45. The number of ether oxygens (including phenoxy) is 1. The molecule has 110 valence electrons. The van der Waals surface area contributed by atoms with Crippen molar-refractivity contribution in [2.75, 3.05) is 0 Å². The topological polar surface area (TPSA) is 52.4 Å². The fourth-order valence-corrected chi connectivity index (χ4v) is 2.44. The minimum atomic E-state index is -0.485. The minimum Gasteiger partial charge on any atom is -0.489 e. The first kappa shape index (κ1) is 15.7. The fourth-order valence-electron chi connectivity index (χ4n) is 1.76. The van der Waals surface area contributed by atoms with Gasteiger partial charge in [0.05, 0.1) is 4.92 Å². The van der Waals surface area contributed by atoms with Crippen LogP contribution in [0, 0.1) is 15.9 Å². The first-order valence-electron chi connectivity index (χ1n) is 5.91. The van der Waals surface area contributed by atoms with Crippen molar-refractivity contribution in [3.05, 3.63) is 67.9 Å². The van der Waals surface area contributed by atoms with E-state index in [-0.39, 0.29) is 18.2 Å². The third-order valence-corrected chi connectivity index (χ3v) is 3.96. The number of halogens is 3. The summed E-state index contributed by atoms with van der Waals surface area (Å²) in [6, 6.07) is 8.84. The molecule has 0 unspecified atom stereocenters. The molecular weight excluding hydrogens is 365 g/mol. The monoisotopic (exact) mass is 373 g/mol. The molecule has 0 aliphatic rings. The van der Waals surface area contributed by atoms with Crippen molar-refractivity contribution in [2.45, 2.75) is 12.5 Å². The summed E-state index contributed by atoms with van der Waals surface area (Å²) < 4.78 is 19.2. The number of hydrogen-bond donors (Lipinski definition) is 0. The predicted octanol–water partition coefficient (Wildman–Crippen LogP) is 4.81. The summed E-state index contributed by atoms with van der Waals surface area (Å²) in [6.07, 6.45) is 0. The van der Waals surface area contributed by atoms with Crippen molar-refractivity contribution in [1.29, 1.82) is 0 Å². The van der Waals surface area contributed by atoms with E-state index in [1.54, 1.807) is 18.2 Å². The molecule has 0 atom stereocenters. The van der Waals surface area contributed by atoms with Gasteiger partial charge in [-0.25, -0.2) is 4.39 Å². The molecule has 0 bridgehead atoms. The summed E-state index contributed by atoms with van der Waals surface area (Å²) in [4.78, 5) is 10.4. The molecule has 0 heterocycles. The maximum atomic E-state index is 13.4. The highest BCUT2D eigenvalue weighted by Crippen LogP contribution is 2.29. The zero-order valence-electron chi connectivity index (χ0n) is 10.7. The summed E-state index contributed by atoms with van der Waals surface area (Å²) in [5, 5.41) is 10.8. The van der Waals surface area contributed by atoms with Gasteiger partial charge in [-0.3, -0.25) is 10.1 Å². The van der Waals surface area contributed by atoms with E-state index in [0.29, 0.717) is 21.3 Å². The zero-order chi connectivity index (χ0) is 15.4. The Balaban J connectivity index is 2.19. The van der Waals surface area contributed by atoms with Gasteiger partial charge in [0.2, 0.25) is 0 Å². The van der Waals surface area contributed by atoms with Crippen LogP contribution in [0.15, 0.2) is 40.9 Å². The van der Waals surface area contributed by atoms with E-state index in [4.69, 9.17) is 16.3 Å². The number of nitro benzene ring substituents is 1. The number of alkyl halides is 1. The maximum Gasteiger partial charge on any atom is 0.283 e. The van der Waals surface area contributed by atoms with E-state index in [1.807, 2.05) is 0 Å². The molecule has 0 amide bonds. The Morgan fingerprint density at radius 1 is 1.33 bits per heavy atom. The molecule has 0 aliphatic carbocycles. The van der Waals surface area contributed by atoms with Crippen molar-refractivity contribution < 1.29 is 14.1 Å². The Bertz CT molecular complexity index is 681. The van der Waals surface area contributed by atoms with E-state index in [2.05, 4.69) is 15.9 Å². The standard InChI is InChI=1S/C14H10BrClFNO3/c15-14-10(2-1-3-13(14)18(19)20)8-21-12-5-9(7-16)4-11(17)6-12/h1-6H,7-8H2. The molecular formula is C14H10BrClFNO3. The zero-order valence-corrected chi connectivity index (χ0v) is 13.0. The van der Waals surface area contributed by atoms with E-state index < -0.39 is 10.7 Å². The predicted molar refractivity (Wildman–Crippen MR) is 81.1 cm³/mol. The highest BCUT2D eigenvalue weighted by molar-refractivity contribution is 9.10. The van der Waals surface area contributed by atoms with Crippen LogP contribution in [-0.2, 0) is 12.5 Å². The van der Waals surface area contributed by atoms with Crippen molar-refractivity contribution in [3.8, 4) is 5.75 Å². The molecule has 0 aliphatic heterocycles. The van der Waals surface area contributed by atoms with Crippen LogP contribution in [0.5, 0.6) is 5.75 Å². The number of nitro groups is 1. The maximum absolute atomic E-state index is 13.4. The number of nitrogens with zero attached hydrogens (tertiary/aromatic N) is 1. The van der Waals surface area contributed by atoms with Gasteiger partial charge in [-0.2, -0.15) is 0 Å². The first-order valence-corrected chi connectivity index (χ1v) is 7.24. The minimum absolute atomic E-state index is 0.0446. The molecule has 0 radical (unpaired) electrons. The van der Waals surface area contributed by atoms with Crippen molar-refractivity contribution in [1.82, 2.24) is 0 Å². The molecule has 0 aromatic heterocycles. The molecule has 7 heteroatoms. The third-order valence-electron chi connectivity index (χ3n) is 2.73. The second-order valence-corrected chi connectivity index (χ2v) is 5.29. The van der Waals surface area contributed by atoms with Gasteiger partial charge in [0.15, 0.2) is 0 Å². The summed E-state index contributed by atoms with van der Waals surface area (Å²) in [5.74, 6) is 0.0551. The third kappa shape index (κ3) is 3.92. The number of benzene rings is 2. The van der Waals surface area contributed by atoms with E-state index in [1.165, 1.54) is 18.2 Å². The molecule has 2 rings (SSSR count). The van der Waals surface area contributed by atoms with Crippen LogP contribution >= 0.6 is 27.5 Å². The van der Waals surface area contributed by atoms with Crippen LogP contribution in [0.1, 0.15) is 11.1 Å². The van der Waals surface area contributed by atoms with Crippen LogP contribution in [-0.4, -0.2) is 4.92 Å². The highest BCUT2D eigenvalue weighted by Gasteiger charge is 2.15. The van der Waals surface area contributed by atoms with Gasteiger partial charge in [-0.1, -0.05) is 12.1 Å². The Labute approximate surface area is 133 Å². The normalized spacial score (nSPS) is 10.4. The molecule has 4 nitrogen and oxygen atoms in total. The lowest BCUT2D eigenvalue weighted by Gasteiger charge is -2.09. The molecule has 0 spiro atoms. The fraction of sp³-hybridized carbons (Fsp3) is 0.143. The van der Waals surface area contributed by atoms with Gasteiger partial charge in [0, 0.05) is 23.6 Å². The second kappa shape index (κ2) is 6.87. The van der Waals surface area contributed by atoms with E-state index >= 15 is 0 Å². The van der Waals surface area contributed by atoms with Crippen molar-refractivity contribution in [3.63, 3.8) is 0 Å². The van der Waals surface area contributed by atoms with E-state index in [0.717, 1.165) is 0 Å². The van der Waals surface area contributed by atoms with Crippen LogP contribution in [0.3, 0.4) is 0 Å². The number of rotatable bonds is 5. The lowest BCUT2D eigenvalue weighted by molar-refractivity contribution is -0.385. The van der Waals surface area contributed by atoms with Crippen LogP contribution in [0.4, 0.5) is 10.1 Å². The molecule has 0 fully saturated rings. The van der Waals surface area contributed by atoms with Crippen LogP contribution in [0.2, 0.25) is 0 Å². The van der Waals surface area contributed by atoms with Crippen molar-refractivity contribution in [2.24, 2.45) is 0 Å². The van der Waals surface area contributed by atoms with Gasteiger partial charge in [-0.05, 0) is 33.6 Å². The quantitative estimate of drug-likeness (QED) is 0.428. The number of hydrogen-bond acceptors (Lipinski definition) is 3. The Morgan fingerprint density at radius 2 is 2.10 bits per heavy atom. The van der Waals surface area contributed by atoms with Gasteiger partial charge >= 0.3 is 0 Å². The Kier molecular flexibility index (Phi) is 5.14. The Morgan fingerprint density at radius 3 is 2.76 bits per heavy atom. The highest BCUT2D eigenvalue weighted by atomic mass is 79.9. The lowest BCUT2D eigenvalue weighted by Crippen LogP contribution is -1.99. The van der Waals surface area contributed by atoms with Gasteiger partial charge in [0.25, 0.3) is 5.69 Å². The molecule has 0 saturated carbocycles. The first-order chi connectivity index (χ1) is 10.0. The van der Waals surface area contributed by atoms with Gasteiger partial charge < -0.3 is 4.74 Å². The summed E-state index contributed by atoms with van der Waals surface area (Å²) in [6.45, 7) is 0.0768.